The maximum Gasteiger partial charge on any atom is 0.374 e. The Morgan fingerprint density at radius 3 is 2.71 bits per heavy atom. The summed E-state index contributed by atoms with van der Waals surface area (Å²) in [4.78, 5) is 24.2. The molecule has 9 heteroatoms. The van der Waals surface area contributed by atoms with Crippen molar-refractivity contribution in [2.75, 3.05) is 44.4 Å². The summed E-state index contributed by atoms with van der Waals surface area (Å²) in [5, 5.41) is 0.404. The second kappa shape index (κ2) is 8.23. The molecule has 2 aliphatic rings. The van der Waals surface area contributed by atoms with Crippen LogP contribution < -0.4 is 4.90 Å². The predicted molar refractivity (Wildman–Crippen MR) is 105 cm³/mol. The molecule has 2 fully saturated rings. The van der Waals surface area contributed by atoms with E-state index >= 15 is 0 Å². The highest BCUT2D eigenvalue weighted by atomic mass is 35.5. The lowest BCUT2D eigenvalue weighted by atomic mass is 10.1. The molecular formula is C19H25ClN4O4. The Bertz CT molecular complexity index is 873. The Morgan fingerprint density at radius 1 is 1.25 bits per heavy atom. The van der Waals surface area contributed by atoms with Gasteiger partial charge in [0.15, 0.2) is 5.65 Å². The molecule has 0 N–H and O–H groups in total. The summed E-state index contributed by atoms with van der Waals surface area (Å²) in [6.45, 7) is 7.37. The van der Waals surface area contributed by atoms with E-state index in [0.717, 1.165) is 43.6 Å². The molecule has 2 aromatic heterocycles. The van der Waals surface area contributed by atoms with Gasteiger partial charge in [-0.3, -0.25) is 4.57 Å². The largest absolute Gasteiger partial charge is 0.460 e. The van der Waals surface area contributed by atoms with Crippen molar-refractivity contribution in [1.29, 1.82) is 0 Å². The maximum absolute atomic E-state index is 12.7. The summed E-state index contributed by atoms with van der Waals surface area (Å²) in [6, 6.07) is 0. The lowest BCUT2D eigenvalue weighted by molar-refractivity contribution is -0.0321. The van der Waals surface area contributed by atoms with Crippen LogP contribution in [0.4, 0.5) is 5.69 Å². The molecule has 0 radical (unpaired) electrons. The van der Waals surface area contributed by atoms with Gasteiger partial charge in [-0.15, -0.1) is 0 Å². The smallest absolute Gasteiger partial charge is 0.374 e. The normalized spacial score (nSPS) is 20.5. The molecule has 2 aromatic rings. The van der Waals surface area contributed by atoms with Crippen LogP contribution in [0, 0.1) is 6.92 Å². The van der Waals surface area contributed by atoms with Gasteiger partial charge in [-0.05, 0) is 33.1 Å². The Balaban J connectivity index is 1.92. The monoisotopic (exact) mass is 408 g/mol. The molecule has 0 amide bonds. The molecule has 1 unspecified atom stereocenters. The average Bonchev–Trinajstić information content (AvgIpc) is 3.09. The van der Waals surface area contributed by atoms with E-state index in [4.69, 9.17) is 25.8 Å². The first-order valence-electron chi connectivity index (χ1n) is 9.81. The summed E-state index contributed by atoms with van der Waals surface area (Å²) in [5.41, 5.74) is 2.96. The van der Waals surface area contributed by atoms with Crippen LogP contribution in [0.25, 0.3) is 11.2 Å². The molecule has 28 heavy (non-hydrogen) atoms. The number of carbonyl (C=O) groups excluding carboxylic acids is 1. The number of esters is 1. The molecule has 2 saturated heterocycles. The summed E-state index contributed by atoms with van der Waals surface area (Å²) >= 11 is 6.51. The molecular weight excluding hydrogens is 384 g/mol. The Hall–Kier alpha value is -1.90. The number of halogens is 1. The Kier molecular flexibility index (Phi) is 5.70. The van der Waals surface area contributed by atoms with Crippen molar-refractivity contribution in [3.8, 4) is 0 Å². The highest BCUT2D eigenvalue weighted by Crippen LogP contribution is 2.37. The molecule has 8 nitrogen and oxygen atoms in total. The van der Waals surface area contributed by atoms with E-state index in [0.29, 0.717) is 36.1 Å². The molecule has 4 rings (SSSR count). The third-order valence-electron chi connectivity index (χ3n) is 5.21. The van der Waals surface area contributed by atoms with E-state index in [1.54, 1.807) is 11.5 Å². The summed E-state index contributed by atoms with van der Waals surface area (Å²) in [5.74, 6) is -0.260. The second-order valence-corrected chi connectivity index (χ2v) is 7.35. The fourth-order valence-corrected chi connectivity index (χ4v) is 4.03. The zero-order valence-electron chi connectivity index (χ0n) is 16.2. The number of rotatable bonds is 4. The van der Waals surface area contributed by atoms with E-state index < -0.39 is 5.97 Å². The van der Waals surface area contributed by atoms with Gasteiger partial charge in [0.1, 0.15) is 16.9 Å². The molecule has 2 aliphatic heterocycles. The first-order valence-corrected chi connectivity index (χ1v) is 10.2. The van der Waals surface area contributed by atoms with Gasteiger partial charge in [0.25, 0.3) is 0 Å². The summed E-state index contributed by atoms with van der Waals surface area (Å²) in [7, 11) is 0. The first-order chi connectivity index (χ1) is 13.6. The number of aromatic nitrogens is 3. The van der Waals surface area contributed by atoms with Gasteiger partial charge in [0.2, 0.25) is 5.82 Å². The van der Waals surface area contributed by atoms with Crippen molar-refractivity contribution in [3.63, 3.8) is 0 Å². The summed E-state index contributed by atoms with van der Waals surface area (Å²) < 4.78 is 18.5. The molecule has 0 saturated carbocycles. The van der Waals surface area contributed by atoms with Gasteiger partial charge in [-0.2, -0.15) is 0 Å². The van der Waals surface area contributed by atoms with Crippen LogP contribution in [0.1, 0.15) is 48.6 Å². The van der Waals surface area contributed by atoms with E-state index in [1.807, 2.05) is 6.92 Å². The van der Waals surface area contributed by atoms with Crippen LogP contribution in [0.15, 0.2) is 0 Å². The lowest BCUT2D eigenvalue weighted by Gasteiger charge is -2.30. The van der Waals surface area contributed by atoms with Crippen LogP contribution in [-0.4, -0.2) is 60.0 Å². The summed E-state index contributed by atoms with van der Waals surface area (Å²) in [6.07, 6.45) is 2.51. The number of fused-ring (bicyclic) bond motifs is 1. The quantitative estimate of drug-likeness (QED) is 0.568. The Labute approximate surface area is 168 Å². The number of hydrogen-bond donors (Lipinski definition) is 0. The number of carbonyl (C=O) groups is 1. The van der Waals surface area contributed by atoms with E-state index in [1.165, 1.54) is 0 Å². The zero-order valence-corrected chi connectivity index (χ0v) is 17.0. The molecule has 0 spiro atoms. The third-order valence-corrected chi connectivity index (χ3v) is 5.58. The van der Waals surface area contributed by atoms with E-state index in [-0.39, 0.29) is 18.7 Å². The molecule has 1 atom stereocenters. The third kappa shape index (κ3) is 3.44. The fraction of sp³-hybridized carbons (Fsp3) is 0.632. The minimum Gasteiger partial charge on any atom is -0.460 e. The van der Waals surface area contributed by atoms with Gasteiger partial charge in [-0.1, -0.05) is 11.6 Å². The van der Waals surface area contributed by atoms with Crippen LogP contribution in [-0.2, 0) is 14.2 Å². The lowest BCUT2D eigenvalue weighted by Crippen LogP contribution is -2.37. The van der Waals surface area contributed by atoms with Crippen molar-refractivity contribution in [2.24, 2.45) is 0 Å². The van der Waals surface area contributed by atoms with E-state index in [2.05, 4.69) is 14.9 Å². The second-order valence-electron chi connectivity index (χ2n) is 6.99. The predicted octanol–water partition coefficient (Wildman–Crippen LogP) is 3.11. The average molecular weight is 409 g/mol. The number of morpholine rings is 1. The van der Waals surface area contributed by atoms with Gasteiger partial charge in [-0.25, -0.2) is 14.8 Å². The van der Waals surface area contributed by atoms with Gasteiger partial charge in [0, 0.05) is 25.3 Å². The molecule has 0 bridgehead atoms. The number of anilines is 1. The van der Waals surface area contributed by atoms with Gasteiger partial charge < -0.3 is 19.1 Å². The number of ether oxygens (including phenoxy) is 3. The van der Waals surface area contributed by atoms with Gasteiger partial charge >= 0.3 is 5.97 Å². The van der Waals surface area contributed by atoms with Crippen molar-refractivity contribution in [2.45, 2.75) is 39.3 Å². The number of pyridine rings is 1. The van der Waals surface area contributed by atoms with Crippen LogP contribution >= 0.6 is 11.6 Å². The minimum atomic E-state index is -0.476. The first kappa shape index (κ1) is 19.4. The van der Waals surface area contributed by atoms with Crippen molar-refractivity contribution in [1.82, 2.24) is 14.5 Å². The van der Waals surface area contributed by atoms with Crippen molar-refractivity contribution in [3.05, 3.63) is 16.5 Å². The molecule has 0 aromatic carbocycles. The minimum absolute atomic E-state index is 0.215. The van der Waals surface area contributed by atoms with Gasteiger partial charge in [0.05, 0.1) is 25.5 Å². The number of hydrogen-bond acceptors (Lipinski definition) is 7. The van der Waals surface area contributed by atoms with E-state index in [9.17, 15) is 4.79 Å². The maximum atomic E-state index is 12.7. The number of nitrogens with zero attached hydrogens (tertiary/aromatic N) is 4. The molecule has 4 heterocycles. The van der Waals surface area contributed by atoms with Crippen molar-refractivity contribution < 1.29 is 19.0 Å². The standard InChI is InChI=1S/C19H25ClN4O4/c1-3-27-19(25)18-21-14-15(23-7-10-26-11-8-23)12(2)16(20)22-17(14)24(18)13-6-4-5-9-28-13/h13H,3-11H2,1-2H3. The molecule has 152 valence electrons. The topological polar surface area (TPSA) is 78.7 Å². The van der Waals surface area contributed by atoms with Crippen LogP contribution in [0.2, 0.25) is 5.15 Å². The van der Waals surface area contributed by atoms with Crippen molar-refractivity contribution >= 4 is 34.4 Å². The highest BCUT2D eigenvalue weighted by molar-refractivity contribution is 6.31. The van der Waals surface area contributed by atoms with Crippen LogP contribution in [0.3, 0.4) is 0 Å². The fourth-order valence-electron chi connectivity index (χ4n) is 3.86. The SMILES string of the molecule is CCOC(=O)c1nc2c(N3CCOCC3)c(C)c(Cl)nc2n1C1CCCCO1. The highest BCUT2D eigenvalue weighted by Gasteiger charge is 2.31. The Morgan fingerprint density at radius 2 is 2.04 bits per heavy atom. The number of imidazole rings is 1. The van der Waals surface area contributed by atoms with Crippen LogP contribution in [0.5, 0.6) is 0 Å². The zero-order chi connectivity index (χ0) is 19.7. The molecule has 0 aliphatic carbocycles.